The molecule has 0 fully saturated rings. The van der Waals surface area contributed by atoms with E-state index >= 15 is 0 Å². The normalized spacial score (nSPS) is 11.8. The highest BCUT2D eigenvalue weighted by Gasteiger charge is 1.97. The van der Waals surface area contributed by atoms with Gasteiger partial charge in [-0.2, -0.15) is 5.48 Å². The number of hydrogen-bond acceptors (Lipinski definition) is 5. The third-order valence-corrected chi connectivity index (χ3v) is 1.16. The number of hydrogen-bond donors (Lipinski definition) is 2. The molecule has 0 aliphatic heterocycles. The van der Waals surface area contributed by atoms with Crippen molar-refractivity contribution in [3.63, 3.8) is 0 Å². The largest absolute Gasteiger partial charge is 0.234 e. The first-order chi connectivity index (χ1) is 3.56. The van der Waals surface area contributed by atoms with Crippen LogP contribution in [-0.4, -0.2) is 20.6 Å². The maximum Gasteiger partial charge on any atom is 0.162 e. The fourth-order valence-corrected chi connectivity index (χ4v) is 0.558. The van der Waals surface area contributed by atoms with Crippen molar-refractivity contribution in [2.75, 3.05) is 12.1 Å². The summed E-state index contributed by atoms with van der Waals surface area (Å²) in [5.41, 5.74) is 2.06. The third-order valence-electron chi connectivity index (χ3n) is 0.386. The van der Waals surface area contributed by atoms with Crippen LogP contribution >= 0.6 is 12.9 Å². The Labute approximate surface area is 53.7 Å². The van der Waals surface area contributed by atoms with Crippen LogP contribution in [0.2, 0.25) is 0 Å². The zero-order chi connectivity index (χ0) is 6.62. The minimum absolute atomic E-state index is 0.212. The second-order valence-electron chi connectivity index (χ2n) is 1.31. The van der Waals surface area contributed by atoms with Crippen LogP contribution in [0, 0.1) is 0 Å². The lowest BCUT2D eigenvalue weighted by Crippen LogP contribution is -2.18. The average Bonchev–Trinajstić information content (AvgIpc) is 1.59. The lowest BCUT2D eigenvalue weighted by molar-refractivity contribution is 0.267. The van der Waals surface area contributed by atoms with Crippen LogP contribution in [0.25, 0.3) is 0 Å². The molecule has 0 rings (SSSR count). The Morgan fingerprint density at radius 2 is 2.25 bits per heavy atom. The van der Waals surface area contributed by atoms with Gasteiger partial charge in [0, 0.05) is 6.26 Å². The van der Waals surface area contributed by atoms with Crippen molar-refractivity contribution < 1.29 is 12.7 Å². The molecule has 8 heavy (non-hydrogen) atoms. The first kappa shape index (κ1) is 8.22. The van der Waals surface area contributed by atoms with Gasteiger partial charge >= 0.3 is 0 Å². The first-order valence-electron chi connectivity index (χ1n) is 1.77. The molecule has 0 radical (unpaired) electrons. The summed E-state index contributed by atoms with van der Waals surface area (Å²) in [6, 6.07) is 0. The van der Waals surface area contributed by atoms with E-state index in [-0.39, 0.29) is 5.88 Å². The summed E-state index contributed by atoms with van der Waals surface area (Å²) in [5.74, 6) is -0.212. The maximum absolute atomic E-state index is 10.2. The Morgan fingerprint density at radius 1 is 1.75 bits per heavy atom. The van der Waals surface area contributed by atoms with Gasteiger partial charge in [0.05, 0.1) is 0 Å². The number of sulfone groups is 1. The molecule has 0 aromatic carbocycles. The predicted octanol–water partition coefficient (Wildman–Crippen LogP) is -0.645. The molecular formula is C2H7NO3S2. The molecule has 4 nitrogen and oxygen atoms in total. The van der Waals surface area contributed by atoms with Crippen molar-refractivity contribution in [3.8, 4) is 0 Å². The molecule has 0 aromatic heterocycles. The summed E-state index contributed by atoms with van der Waals surface area (Å²) in [5, 5.41) is 0. The smallest absolute Gasteiger partial charge is 0.162 e. The second kappa shape index (κ2) is 3.29. The van der Waals surface area contributed by atoms with Crippen molar-refractivity contribution in [2.24, 2.45) is 0 Å². The molecule has 0 atom stereocenters. The topological polar surface area (TPSA) is 55.4 Å². The minimum Gasteiger partial charge on any atom is -0.234 e. The highest BCUT2D eigenvalue weighted by molar-refractivity contribution is 7.90. The van der Waals surface area contributed by atoms with Crippen LogP contribution < -0.4 is 5.48 Å². The predicted molar refractivity (Wildman–Crippen MR) is 32.9 cm³/mol. The van der Waals surface area contributed by atoms with Crippen LogP contribution in [0.1, 0.15) is 0 Å². The highest BCUT2D eigenvalue weighted by atomic mass is 32.2. The molecule has 0 amide bonds. The third kappa shape index (κ3) is 6.22. The van der Waals surface area contributed by atoms with E-state index in [1.165, 1.54) is 0 Å². The highest BCUT2D eigenvalue weighted by Crippen LogP contribution is 1.77. The van der Waals surface area contributed by atoms with Crippen LogP contribution in [0.3, 0.4) is 0 Å². The molecule has 0 aliphatic rings. The van der Waals surface area contributed by atoms with Gasteiger partial charge in [-0.15, -0.1) is 0 Å². The van der Waals surface area contributed by atoms with Crippen LogP contribution in [-0.2, 0) is 14.1 Å². The van der Waals surface area contributed by atoms with Crippen molar-refractivity contribution in [3.05, 3.63) is 0 Å². The monoisotopic (exact) mass is 157 g/mol. The molecule has 50 valence electrons. The van der Waals surface area contributed by atoms with E-state index in [4.69, 9.17) is 0 Å². The van der Waals surface area contributed by atoms with Crippen molar-refractivity contribution in [2.45, 2.75) is 0 Å². The zero-order valence-corrected chi connectivity index (χ0v) is 6.00. The average molecular weight is 157 g/mol. The number of thiol groups is 1. The summed E-state index contributed by atoms with van der Waals surface area (Å²) >= 11 is 3.26. The molecular weight excluding hydrogens is 150 g/mol. The molecule has 6 heteroatoms. The quantitative estimate of drug-likeness (QED) is 0.325. The standard InChI is InChI=1S/C2H7NO3S2/c1-8(4,5)2-3-6-7/h3,7H,2H2,1H3. The molecule has 0 heterocycles. The van der Waals surface area contributed by atoms with E-state index in [1.807, 2.05) is 0 Å². The Hall–Kier alpha value is 0.220. The summed E-state index contributed by atoms with van der Waals surface area (Å²) in [6.45, 7) is 0. The molecule has 0 aliphatic carbocycles. The van der Waals surface area contributed by atoms with Gasteiger partial charge < -0.3 is 0 Å². The van der Waals surface area contributed by atoms with E-state index in [0.29, 0.717) is 0 Å². The maximum atomic E-state index is 10.2. The summed E-state index contributed by atoms with van der Waals surface area (Å²) < 4.78 is 24.4. The molecule has 0 bridgehead atoms. The van der Waals surface area contributed by atoms with Crippen molar-refractivity contribution >= 4 is 22.7 Å². The summed E-state index contributed by atoms with van der Waals surface area (Å²) in [7, 11) is -2.97. The van der Waals surface area contributed by atoms with Crippen LogP contribution in [0.5, 0.6) is 0 Å². The van der Waals surface area contributed by atoms with Gasteiger partial charge in [-0.05, 0) is 12.9 Å². The van der Waals surface area contributed by atoms with E-state index < -0.39 is 9.84 Å². The first-order valence-corrected chi connectivity index (χ1v) is 4.20. The fraction of sp³-hybridized carbons (Fsp3) is 1.00. The van der Waals surface area contributed by atoms with E-state index in [9.17, 15) is 8.42 Å². The SMILES string of the molecule is CS(=O)(=O)CNOS. The lowest BCUT2D eigenvalue weighted by Gasteiger charge is -1.94. The summed E-state index contributed by atoms with van der Waals surface area (Å²) in [6.07, 6.45) is 1.09. The van der Waals surface area contributed by atoms with Gasteiger partial charge in [0.15, 0.2) is 9.84 Å². The number of hydroxylamine groups is 1. The van der Waals surface area contributed by atoms with Crippen LogP contribution in [0.15, 0.2) is 0 Å². The molecule has 0 aromatic rings. The molecule has 0 saturated carbocycles. The van der Waals surface area contributed by atoms with E-state index in [2.05, 4.69) is 22.7 Å². The van der Waals surface area contributed by atoms with Gasteiger partial charge in [0.2, 0.25) is 0 Å². The Balaban J connectivity index is 3.42. The second-order valence-corrected chi connectivity index (χ2v) is 3.63. The van der Waals surface area contributed by atoms with E-state index in [0.717, 1.165) is 6.26 Å². The number of rotatable bonds is 3. The van der Waals surface area contributed by atoms with Gasteiger partial charge in [-0.1, -0.05) is 0 Å². The number of nitrogens with one attached hydrogen (secondary N) is 1. The van der Waals surface area contributed by atoms with Gasteiger partial charge in [0.25, 0.3) is 0 Å². The summed E-state index contributed by atoms with van der Waals surface area (Å²) in [4.78, 5) is 0. The Bertz CT molecular complexity index is 139. The van der Waals surface area contributed by atoms with Crippen LogP contribution in [0.4, 0.5) is 0 Å². The van der Waals surface area contributed by atoms with Crippen molar-refractivity contribution in [1.29, 1.82) is 0 Å². The Kier molecular flexibility index (Phi) is 3.38. The molecule has 0 unspecified atom stereocenters. The van der Waals surface area contributed by atoms with Gasteiger partial charge in [-0.3, -0.25) is 0 Å². The van der Waals surface area contributed by atoms with E-state index in [1.54, 1.807) is 0 Å². The Morgan fingerprint density at radius 3 is 2.38 bits per heavy atom. The molecule has 0 saturated heterocycles. The van der Waals surface area contributed by atoms with Gasteiger partial charge in [-0.25, -0.2) is 12.7 Å². The van der Waals surface area contributed by atoms with Gasteiger partial charge in [0.1, 0.15) is 5.88 Å². The lowest BCUT2D eigenvalue weighted by atomic mass is 11.5. The molecule has 1 N–H and O–H groups in total. The zero-order valence-electron chi connectivity index (χ0n) is 4.29. The van der Waals surface area contributed by atoms with Crippen molar-refractivity contribution in [1.82, 2.24) is 5.48 Å². The minimum atomic E-state index is -2.97. The molecule has 0 spiro atoms. The fourth-order valence-electron chi connectivity index (χ4n) is 0.133.